The van der Waals surface area contributed by atoms with E-state index in [-0.39, 0.29) is 0 Å². The Labute approximate surface area is 252 Å². The smallest absolute Gasteiger partial charge is 0.456 e. The van der Waals surface area contributed by atoms with E-state index >= 15 is 17.6 Å². The number of rotatable bonds is 11. The van der Waals surface area contributed by atoms with Crippen LogP contribution in [0.15, 0.2) is 0 Å². The van der Waals surface area contributed by atoms with E-state index in [1.165, 1.54) is 0 Å². The summed E-state index contributed by atoms with van der Waals surface area (Å²) >= 11 is -1.01. The molecule has 8 saturated carbocycles. The van der Waals surface area contributed by atoms with E-state index in [4.69, 9.17) is 14.6 Å². The minimum absolute atomic E-state index is 0.355. The second kappa shape index (κ2) is 10.4. The van der Waals surface area contributed by atoms with Gasteiger partial charge in [-0.05, 0) is 116 Å². The standard InChI is InChI=1S/C26H36F4N2O8S3/c27-25(28,21(33)39-13-23-7-15-1-16(8-23)3-17(2-15)9-23)42(35,36)32(41-31)43(37,38)26(29,30)22(34)40-14-24-10-18-4-19(11-24)6-20(5-18)12-24/h15-20H,1-14,31H2. The lowest BCUT2D eigenvalue weighted by atomic mass is 9.50. The minimum atomic E-state index is -6.77. The molecule has 10 nitrogen and oxygen atoms in total. The number of esters is 2. The molecule has 43 heavy (non-hydrogen) atoms. The number of hydrogen-bond donors (Lipinski definition) is 1. The van der Waals surface area contributed by atoms with Crippen LogP contribution in [0.25, 0.3) is 0 Å². The third-order valence-electron chi connectivity index (χ3n) is 11.0. The van der Waals surface area contributed by atoms with Gasteiger partial charge in [0.15, 0.2) is 0 Å². The number of nitrogens with two attached hydrogens (primary N) is 1. The van der Waals surface area contributed by atoms with Crippen LogP contribution in [0.1, 0.15) is 77.0 Å². The first-order chi connectivity index (χ1) is 19.9. The lowest BCUT2D eigenvalue weighted by molar-refractivity contribution is -0.171. The first kappa shape index (κ1) is 31.8. The molecule has 0 aliphatic heterocycles. The Balaban J connectivity index is 1.14. The van der Waals surface area contributed by atoms with E-state index in [1.54, 1.807) is 0 Å². The van der Waals surface area contributed by atoms with E-state index in [0.717, 1.165) is 38.5 Å². The summed E-state index contributed by atoms with van der Waals surface area (Å²) in [5.74, 6) is -3.08. The fourth-order valence-corrected chi connectivity index (χ4v) is 14.2. The molecule has 0 aromatic heterocycles. The summed E-state index contributed by atoms with van der Waals surface area (Å²) in [6.45, 7) is -1.01. The maximum atomic E-state index is 15.1. The number of carbonyl (C=O) groups excluding carboxylic acids is 2. The van der Waals surface area contributed by atoms with Gasteiger partial charge in [-0.25, -0.2) is 26.4 Å². The largest absolute Gasteiger partial charge is 0.460 e. The zero-order valence-corrected chi connectivity index (χ0v) is 25.8. The Hall–Kier alpha value is -1.17. The Bertz CT molecular complexity index is 1220. The summed E-state index contributed by atoms with van der Waals surface area (Å²) < 4.78 is 119. The van der Waals surface area contributed by atoms with E-state index in [9.17, 15) is 26.4 Å². The van der Waals surface area contributed by atoms with E-state index in [1.807, 2.05) is 0 Å². The molecule has 244 valence electrons. The van der Waals surface area contributed by atoms with Crippen molar-refractivity contribution in [1.82, 2.24) is 3.12 Å². The molecule has 8 aliphatic rings. The van der Waals surface area contributed by atoms with Crippen molar-refractivity contribution in [2.75, 3.05) is 13.2 Å². The van der Waals surface area contributed by atoms with Crippen molar-refractivity contribution in [3.05, 3.63) is 0 Å². The molecule has 0 radical (unpaired) electrons. The third kappa shape index (κ3) is 5.20. The molecule has 0 spiro atoms. The lowest BCUT2D eigenvalue weighted by Crippen LogP contribution is -2.55. The molecule has 8 aliphatic carbocycles. The number of alkyl halides is 4. The van der Waals surface area contributed by atoms with Crippen LogP contribution in [-0.4, -0.2) is 55.6 Å². The highest BCUT2D eigenvalue weighted by atomic mass is 32.3. The molecular weight excluding hydrogens is 640 g/mol. The van der Waals surface area contributed by atoms with Crippen molar-refractivity contribution in [1.29, 1.82) is 0 Å². The van der Waals surface area contributed by atoms with Gasteiger partial charge in [-0.3, -0.25) is 5.14 Å². The van der Waals surface area contributed by atoms with E-state index in [2.05, 4.69) is 0 Å². The normalized spacial score (nSPS) is 38.5. The molecule has 2 N–H and O–H groups in total. The van der Waals surface area contributed by atoms with Crippen LogP contribution in [0.3, 0.4) is 0 Å². The van der Waals surface area contributed by atoms with Crippen molar-refractivity contribution in [2.24, 2.45) is 51.5 Å². The highest BCUT2D eigenvalue weighted by Crippen LogP contribution is 2.61. The summed E-state index contributed by atoms with van der Waals surface area (Å²) in [5, 5.41) is -6.20. The highest BCUT2D eigenvalue weighted by Gasteiger charge is 2.68. The molecule has 0 saturated heterocycles. The molecule has 0 aromatic carbocycles. The van der Waals surface area contributed by atoms with Gasteiger partial charge in [0.2, 0.25) is 0 Å². The zero-order valence-electron chi connectivity index (χ0n) is 23.4. The molecule has 0 aromatic rings. The fourth-order valence-electron chi connectivity index (χ4n) is 10.2. The molecule has 0 atom stereocenters. The molecule has 8 fully saturated rings. The average Bonchev–Trinajstić information content (AvgIpc) is 2.88. The SMILES string of the molecule is NSN(S(=O)(=O)C(F)(F)C(=O)OCC12CC3CC(CC(C3)C1)C2)S(=O)(=O)C(F)(F)C(=O)OCC12CC3CC(CC(C3)C1)C2. The van der Waals surface area contributed by atoms with Crippen molar-refractivity contribution in [3.63, 3.8) is 0 Å². The monoisotopic (exact) mass is 676 g/mol. The first-order valence-corrected chi connectivity index (χ1v) is 18.4. The molecule has 0 heterocycles. The first-order valence-electron chi connectivity index (χ1n) is 14.7. The van der Waals surface area contributed by atoms with Crippen LogP contribution >= 0.6 is 12.1 Å². The number of nitrogens with zero attached hydrogens (tertiary/aromatic N) is 1. The summed E-state index contributed by atoms with van der Waals surface area (Å²) in [7, 11) is -13.5. The predicted molar refractivity (Wildman–Crippen MR) is 144 cm³/mol. The summed E-state index contributed by atoms with van der Waals surface area (Å²) in [4.78, 5) is 24.9. The van der Waals surface area contributed by atoms with Gasteiger partial charge >= 0.3 is 42.5 Å². The summed E-state index contributed by atoms with van der Waals surface area (Å²) in [6, 6.07) is 0. The number of hydrogen-bond acceptors (Lipinski definition) is 10. The van der Waals surface area contributed by atoms with Gasteiger partial charge in [0.25, 0.3) is 0 Å². The second-order valence-electron chi connectivity index (χ2n) is 14.3. The topological polar surface area (TPSA) is 150 Å². The van der Waals surface area contributed by atoms with Crippen molar-refractivity contribution >= 4 is 44.1 Å². The second-order valence-corrected chi connectivity index (χ2v) is 19.2. The maximum absolute atomic E-state index is 15.1. The molecule has 8 bridgehead atoms. The van der Waals surface area contributed by atoms with Crippen molar-refractivity contribution in [3.8, 4) is 0 Å². The van der Waals surface area contributed by atoms with Gasteiger partial charge in [-0.15, -0.1) is 0 Å². The summed E-state index contributed by atoms with van der Waals surface area (Å²) in [6.07, 6.45) is 9.74. The van der Waals surface area contributed by atoms with Gasteiger partial charge in [0.05, 0.1) is 13.2 Å². The molecule has 0 amide bonds. The predicted octanol–water partition coefficient (Wildman–Crippen LogP) is 4.17. The van der Waals surface area contributed by atoms with Crippen molar-refractivity contribution in [2.45, 2.75) is 87.6 Å². The van der Waals surface area contributed by atoms with Crippen LogP contribution in [0.5, 0.6) is 0 Å². The van der Waals surface area contributed by atoms with Crippen LogP contribution < -0.4 is 5.14 Å². The number of halogens is 4. The Kier molecular flexibility index (Phi) is 7.71. The summed E-state index contributed by atoms with van der Waals surface area (Å²) in [5.41, 5.74) is -1.18. The van der Waals surface area contributed by atoms with Crippen LogP contribution in [0.4, 0.5) is 17.6 Å². The van der Waals surface area contributed by atoms with E-state index in [0.29, 0.717) is 74.0 Å². The Morgan fingerprint density at radius 3 is 1.14 bits per heavy atom. The average molecular weight is 677 g/mol. The van der Waals surface area contributed by atoms with Crippen LogP contribution in [0, 0.1) is 46.3 Å². The maximum Gasteiger partial charge on any atom is 0.456 e. The van der Waals surface area contributed by atoms with Crippen molar-refractivity contribution < 1.29 is 53.5 Å². The zero-order chi connectivity index (χ0) is 31.2. The minimum Gasteiger partial charge on any atom is -0.460 e. The van der Waals surface area contributed by atoms with Gasteiger partial charge < -0.3 is 9.47 Å². The van der Waals surface area contributed by atoms with Gasteiger partial charge in [-0.2, -0.15) is 17.6 Å². The van der Waals surface area contributed by atoms with Gasteiger partial charge in [-0.1, -0.05) is 0 Å². The highest BCUT2D eigenvalue weighted by molar-refractivity contribution is 8.20. The van der Waals surface area contributed by atoms with Crippen LogP contribution in [0.2, 0.25) is 0 Å². The molecule has 8 rings (SSSR count). The van der Waals surface area contributed by atoms with E-state index < -0.39 is 81.8 Å². The number of carbonyl (C=O) groups is 2. The van der Waals surface area contributed by atoms with Crippen LogP contribution in [-0.2, 0) is 39.1 Å². The van der Waals surface area contributed by atoms with Gasteiger partial charge in [0, 0.05) is 23.0 Å². The van der Waals surface area contributed by atoms with Gasteiger partial charge in [0.1, 0.15) is 0 Å². The molecular formula is C26H36F4N2O8S3. The lowest BCUT2D eigenvalue weighted by Gasteiger charge is -2.56. The fraction of sp³-hybridized carbons (Fsp3) is 0.923. The Morgan fingerprint density at radius 2 is 0.907 bits per heavy atom. The quantitative estimate of drug-likeness (QED) is 0.192. The number of sulfonamides is 2. The molecule has 17 heteroatoms. The Morgan fingerprint density at radius 1 is 0.651 bits per heavy atom. The molecule has 0 unspecified atom stereocenters. The third-order valence-corrected chi connectivity index (χ3v) is 16.4. The number of ether oxygens (including phenoxy) is 2.